The topological polar surface area (TPSA) is 72.4 Å². The van der Waals surface area contributed by atoms with Crippen LogP contribution in [0.3, 0.4) is 0 Å². The van der Waals surface area contributed by atoms with E-state index < -0.39 is 0 Å². The van der Waals surface area contributed by atoms with Gasteiger partial charge in [-0.2, -0.15) is 0 Å². The van der Waals surface area contributed by atoms with Gasteiger partial charge >= 0.3 is 0 Å². The van der Waals surface area contributed by atoms with E-state index >= 15 is 0 Å². The number of benzene rings is 2. The second kappa shape index (κ2) is 7.56. The Labute approximate surface area is 166 Å². The van der Waals surface area contributed by atoms with E-state index in [4.69, 9.17) is 10.3 Å². The first kappa shape index (κ1) is 17.8. The fourth-order valence-corrected chi connectivity index (χ4v) is 4.16. The van der Waals surface area contributed by atoms with Crippen LogP contribution in [-0.4, -0.2) is 29.1 Å². The maximum absolute atomic E-state index is 12.9. The third-order valence-electron chi connectivity index (χ3n) is 5.05. The average molecular weight is 426 g/mol. The van der Waals surface area contributed by atoms with Crippen molar-refractivity contribution in [2.24, 2.45) is 0 Å². The highest BCUT2D eigenvalue weighted by atomic mass is 79.9. The molecule has 3 aromatic rings. The molecule has 1 aliphatic rings. The van der Waals surface area contributed by atoms with Crippen molar-refractivity contribution in [2.45, 2.75) is 18.8 Å². The molecule has 2 heterocycles. The maximum atomic E-state index is 12.9. The Hall–Kier alpha value is -2.60. The first-order chi connectivity index (χ1) is 13.1. The van der Waals surface area contributed by atoms with Crippen LogP contribution in [0.15, 0.2) is 63.6 Å². The van der Waals surface area contributed by atoms with E-state index in [1.54, 1.807) is 6.07 Å². The number of carbonyl (C=O) groups is 1. The molecule has 5 nitrogen and oxygen atoms in total. The molecule has 0 saturated carbocycles. The standard InChI is InChI=1S/C21H20BrN3O2/c22-18-12-16(6-7-17(18)14-4-2-1-3-5-14)21(26)25-10-8-15(9-11-25)19-13-20(23)27-24-19/h1-7,12-13,15H,8-11,23H2. The molecule has 2 N–H and O–H groups in total. The number of nitrogen functional groups attached to an aromatic ring is 1. The molecule has 6 heteroatoms. The van der Waals surface area contributed by atoms with Gasteiger partial charge in [-0.3, -0.25) is 4.79 Å². The molecule has 4 rings (SSSR count). The van der Waals surface area contributed by atoms with Crippen molar-refractivity contribution < 1.29 is 9.32 Å². The summed E-state index contributed by atoms with van der Waals surface area (Å²) in [6, 6.07) is 17.7. The van der Waals surface area contributed by atoms with Gasteiger partial charge in [-0.25, -0.2) is 0 Å². The lowest BCUT2D eigenvalue weighted by Gasteiger charge is -2.31. The van der Waals surface area contributed by atoms with Crippen LogP contribution in [0.5, 0.6) is 0 Å². The number of hydrogen-bond donors (Lipinski definition) is 1. The zero-order valence-electron chi connectivity index (χ0n) is 14.8. The van der Waals surface area contributed by atoms with Gasteiger partial charge in [0.15, 0.2) is 0 Å². The molecular weight excluding hydrogens is 406 g/mol. The molecule has 0 bridgehead atoms. The van der Waals surface area contributed by atoms with E-state index in [0.717, 1.165) is 34.1 Å². The van der Waals surface area contributed by atoms with E-state index in [0.29, 0.717) is 30.5 Å². The Morgan fingerprint density at radius 1 is 1.11 bits per heavy atom. The summed E-state index contributed by atoms with van der Waals surface area (Å²) in [6.45, 7) is 1.41. The summed E-state index contributed by atoms with van der Waals surface area (Å²) >= 11 is 3.62. The number of hydrogen-bond acceptors (Lipinski definition) is 4. The molecule has 1 aliphatic heterocycles. The third-order valence-corrected chi connectivity index (χ3v) is 5.70. The number of carbonyl (C=O) groups excluding carboxylic acids is 1. The van der Waals surface area contributed by atoms with Crippen LogP contribution in [0.25, 0.3) is 11.1 Å². The molecule has 1 aromatic heterocycles. The Morgan fingerprint density at radius 3 is 2.48 bits per heavy atom. The Balaban J connectivity index is 1.45. The van der Waals surface area contributed by atoms with Crippen molar-refractivity contribution in [1.82, 2.24) is 10.1 Å². The highest BCUT2D eigenvalue weighted by molar-refractivity contribution is 9.10. The predicted octanol–water partition coefficient (Wildman–Crippen LogP) is 4.71. The maximum Gasteiger partial charge on any atom is 0.253 e. The van der Waals surface area contributed by atoms with Crippen molar-refractivity contribution >= 4 is 27.7 Å². The highest BCUT2D eigenvalue weighted by Gasteiger charge is 2.26. The van der Waals surface area contributed by atoms with Crippen LogP contribution in [0.2, 0.25) is 0 Å². The second-order valence-electron chi connectivity index (χ2n) is 6.78. The monoisotopic (exact) mass is 425 g/mol. The molecule has 1 amide bonds. The lowest BCUT2D eigenvalue weighted by molar-refractivity contribution is 0.0711. The Kier molecular flexibility index (Phi) is 4.99. The first-order valence-electron chi connectivity index (χ1n) is 8.98. The summed E-state index contributed by atoms with van der Waals surface area (Å²) in [7, 11) is 0. The van der Waals surface area contributed by atoms with E-state index in [9.17, 15) is 4.79 Å². The number of piperidine rings is 1. The number of rotatable bonds is 3. The number of likely N-dealkylation sites (tertiary alicyclic amines) is 1. The molecule has 27 heavy (non-hydrogen) atoms. The number of aromatic nitrogens is 1. The number of anilines is 1. The van der Waals surface area contributed by atoms with Crippen LogP contribution in [0, 0.1) is 0 Å². The van der Waals surface area contributed by atoms with E-state index in [2.05, 4.69) is 33.2 Å². The molecule has 0 spiro atoms. The summed E-state index contributed by atoms with van der Waals surface area (Å²) in [6.07, 6.45) is 1.72. The Bertz CT molecular complexity index is 947. The van der Waals surface area contributed by atoms with Gasteiger partial charge in [0.25, 0.3) is 5.91 Å². The van der Waals surface area contributed by atoms with Crippen LogP contribution >= 0.6 is 15.9 Å². The van der Waals surface area contributed by atoms with Crippen molar-refractivity contribution in [1.29, 1.82) is 0 Å². The average Bonchev–Trinajstić information content (AvgIpc) is 3.14. The molecular formula is C21H20BrN3O2. The van der Waals surface area contributed by atoms with Crippen LogP contribution in [0.4, 0.5) is 5.88 Å². The largest absolute Gasteiger partial charge is 0.368 e. The molecule has 1 fully saturated rings. The summed E-state index contributed by atoms with van der Waals surface area (Å²) < 4.78 is 5.89. The van der Waals surface area contributed by atoms with Gasteiger partial charge in [-0.1, -0.05) is 57.5 Å². The van der Waals surface area contributed by atoms with Crippen LogP contribution in [-0.2, 0) is 0 Å². The zero-order valence-corrected chi connectivity index (χ0v) is 16.4. The zero-order chi connectivity index (χ0) is 18.8. The van der Waals surface area contributed by atoms with E-state index in [1.165, 1.54) is 0 Å². The summed E-state index contributed by atoms with van der Waals surface area (Å²) in [5, 5.41) is 4.01. The van der Waals surface area contributed by atoms with Gasteiger partial charge in [0.2, 0.25) is 5.88 Å². The number of nitrogens with two attached hydrogens (primary N) is 1. The molecule has 0 radical (unpaired) electrons. The molecule has 138 valence electrons. The third kappa shape index (κ3) is 3.76. The van der Waals surface area contributed by atoms with Crippen molar-refractivity contribution in [2.75, 3.05) is 18.8 Å². The second-order valence-corrected chi connectivity index (χ2v) is 7.64. The minimum atomic E-state index is 0.0634. The normalized spacial score (nSPS) is 15.1. The van der Waals surface area contributed by atoms with Gasteiger partial charge < -0.3 is 15.2 Å². The van der Waals surface area contributed by atoms with Gasteiger partial charge in [0.1, 0.15) is 0 Å². The first-order valence-corrected chi connectivity index (χ1v) is 9.77. The fourth-order valence-electron chi connectivity index (χ4n) is 3.56. The quantitative estimate of drug-likeness (QED) is 0.659. The van der Waals surface area contributed by atoms with E-state index in [1.807, 2.05) is 41.3 Å². The van der Waals surface area contributed by atoms with Crippen LogP contribution in [0.1, 0.15) is 34.8 Å². The minimum absolute atomic E-state index is 0.0634. The van der Waals surface area contributed by atoms with Gasteiger partial charge in [-0.05, 0) is 36.1 Å². The van der Waals surface area contributed by atoms with Crippen molar-refractivity contribution in [3.63, 3.8) is 0 Å². The molecule has 0 aliphatic carbocycles. The van der Waals surface area contributed by atoms with Gasteiger partial charge in [-0.15, -0.1) is 0 Å². The number of halogens is 1. The lowest BCUT2D eigenvalue weighted by atomic mass is 9.93. The minimum Gasteiger partial charge on any atom is -0.368 e. The summed E-state index contributed by atoms with van der Waals surface area (Å²) in [4.78, 5) is 14.8. The van der Waals surface area contributed by atoms with Gasteiger partial charge in [0, 0.05) is 35.1 Å². The van der Waals surface area contributed by atoms with E-state index in [-0.39, 0.29) is 5.91 Å². The Morgan fingerprint density at radius 2 is 1.85 bits per heavy atom. The molecule has 0 atom stereocenters. The number of nitrogens with zero attached hydrogens (tertiary/aromatic N) is 2. The predicted molar refractivity (Wildman–Crippen MR) is 108 cm³/mol. The summed E-state index contributed by atoms with van der Waals surface area (Å²) in [5.41, 5.74) is 9.39. The van der Waals surface area contributed by atoms with Crippen LogP contribution < -0.4 is 5.73 Å². The smallest absolute Gasteiger partial charge is 0.253 e. The molecule has 1 saturated heterocycles. The lowest BCUT2D eigenvalue weighted by Crippen LogP contribution is -2.38. The van der Waals surface area contributed by atoms with Crippen molar-refractivity contribution in [3.05, 3.63) is 70.3 Å². The number of amides is 1. The highest BCUT2D eigenvalue weighted by Crippen LogP contribution is 2.31. The molecule has 2 aromatic carbocycles. The SMILES string of the molecule is Nc1cc(C2CCN(C(=O)c3ccc(-c4ccccc4)c(Br)c3)CC2)no1. The fraction of sp³-hybridized carbons (Fsp3) is 0.238. The summed E-state index contributed by atoms with van der Waals surface area (Å²) in [5.74, 6) is 0.697. The van der Waals surface area contributed by atoms with Crippen molar-refractivity contribution in [3.8, 4) is 11.1 Å². The van der Waals surface area contributed by atoms with Gasteiger partial charge in [0.05, 0.1) is 5.69 Å². The molecule has 0 unspecified atom stereocenters.